The summed E-state index contributed by atoms with van der Waals surface area (Å²) in [6.45, 7) is 6.39. The number of piperazine rings is 1. The molecule has 0 bridgehead atoms. The molecule has 0 atom stereocenters. The van der Waals surface area contributed by atoms with Crippen molar-refractivity contribution in [3.05, 3.63) is 58.7 Å². The van der Waals surface area contributed by atoms with Crippen LogP contribution >= 0.6 is 11.6 Å². The van der Waals surface area contributed by atoms with Crippen LogP contribution in [0.1, 0.15) is 43.2 Å². The lowest BCUT2D eigenvalue weighted by Crippen LogP contribution is -2.53. The number of anilines is 5. The van der Waals surface area contributed by atoms with E-state index in [1.807, 2.05) is 42.3 Å². The molecule has 2 fully saturated rings. The second-order valence-corrected chi connectivity index (χ2v) is 11.7. The minimum Gasteiger partial charge on any atom is -0.494 e. The first-order valence-corrected chi connectivity index (χ1v) is 14.9. The molecule has 216 valence electrons. The summed E-state index contributed by atoms with van der Waals surface area (Å²) in [5.41, 5.74) is 4.53. The van der Waals surface area contributed by atoms with Gasteiger partial charge in [-0.05, 0) is 50.6 Å². The summed E-state index contributed by atoms with van der Waals surface area (Å²) in [4.78, 5) is 32.2. The van der Waals surface area contributed by atoms with Crippen molar-refractivity contribution < 1.29 is 9.53 Å². The number of likely N-dealkylation sites (N-methyl/N-ethyl adjacent to an activating group) is 1. The zero-order valence-corrected chi connectivity index (χ0v) is 24.8. The molecule has 6 rings (SSSR count). The lowest BCUT2D eigenvalue weighted by molar-refractivity contribution is 0.244. The molecule has 1 saturated carbocycles. The smallest absolute Gasteiger partial charge is 0.330 e. The highest BCUT2D eigenvalue weighted by atomic mass is 35.5. The predicted molar refractivity (Wildman–Crippen MR) is 165 cm³/mol. The van der Waals surface area contributed by atoms with Gasteiger partial charge >= 0.3 is 6.03 Å². The number of hydrogen-bond donors (Lipinski definition) is 1. The summed E-state index contributed by atoms with van der Waals surface area (Å²) in [5, 5.41) is 3.93. The molecule has 0 radical (unpaired) electrons. The quantitative estimate of drug-likeness (QED) is 0.374. The molecule has 1 N–H and O–H groups in total. The highest BCUT2D eigenvalue weighted by Gasteiger charge is 2.39. The molecule has 3 aromatic rings. The van der Waals surface area contributed by atoms with Crippen molar-refractivity contribution in [2.45, 2.75) is 51.6 Å². The Morgan fingerprint density at radius 3 is 2.56 bits per heavy atom. The standard InChI is InChI=1S/C31H38ClN7O2/c1-21-8-7-11-25(32)28(21)38-20-22-19-33-30(35-29(22)39(31(38)40)23-9-5-4-6-10-23)34-26-13-12-24(18-27(26)41-3)37-16-14-36(2)15-17-37/h7-8,11-13,18-19,23H,4-6,9-10,14-17,20H2,1-3H3,(H,33,34,35). The highest BCUT2D eigenvalue weighted by molar-refractivity contribution is 6.34. The number of ether oxygens (including phenoxy) is 1. The Morgan fingerprint density at radius 1 is 1.05 bits per heavy atom. The Hall–Kier alpha value is -3.56. The lowest BCUT2D eigenvalue weighted by Gasteiger charge is -2.42. The minimum absolute atomic E-state index is 0.0839. The number of para-hydroxylation sites is 1. The Labute approximate surface area is 247 Å². The fraction of sp³-hybridized carbons (Fsp3) is 0.452. The van der Waals surface area contributed by atoms with Gasteiger partial charge in [-0.2, -0.15) is 4.98 Å². The van der Waals surface area contributed by atoms with Crippen LogP contribution < -0.4 is 24.8 Å². The summed E-state index contributed by atoms with van der Waals surface area (Å²) in [5.74, 6) is 1.84. The molecule has 2 aromatic carbocycles. The maximum absolute atomic E-state index is 14.2. The topological polar surface area (TPSA) is 77.1 Å². The van der Waals surface area contributed by atoms with E-state index >= 15 is 0 Å². The Kier molecular flexibility index (Phi) is 7.90. The first-order chi connectivity index (χ1) is 19.9. The van der Waals surface area contributed by atoms with Gasteiger partial charge in [0.2, 0.25) is 5.95 Å². The highest BCUT2D eigenvalue weighted by Crippen LogP contribution is 2.40. The van der Waals surface area contributed by atoms with Crippen LogP contribution in [0.25, 0.3) is 0 Å². The van der Waals surface area contributed by atoms with Gasteiger partial charge in [0, 0.05) is 55.7 Å². The normalized spacial score (nSPS) is 18.4. The van der Waals surface area contributed by atoms with Gasteiger partial charge in [-0.15, -0.1) is 0 Å². The lowest BCUT2D eigenvalue weighted by atomic mass is 9.93. The van der Waals surface area contributed by atoms with Crippen molar-refractivity contribution in [3.63, 3.8) is 0 Å². The molecule has 9 nitrogen and oxygen atoms in total. The Balaban J connectivity index is 1.32. The number of halogens is 1. The number of fused-ring (bicyclic) bond motifs is 1. The van der Waals surface area contributed by atoms with Crippen molar-refractivity contribution in [1.82, 2.24) is 14.9 Å². The number of methoxy groups -OCH3 is 1. The Bertz CT molecular complexity index is 1400. The number of amides is 2. The number of aryl methyl sites for hydroxylation is 1. The number of nitrogens with zero attached hydrogens (tertiary/aromatic N) is 6. The fourth-order valence-corrected chi connectivity index (χ4v) is 6.53. The van der Waals surface area contributed by atoms with E-state index in [0.717, 1.165) is 85.8 Å². The molecule has 0 unspecified atom stereocenters. The molecule has 1 saturated heterocycles. The number of aromatic nitrogens is 2. The third-order valence-corrected chi connectivity index (χ3v) is 8.84. The van der Waals surface area contributed by atoms with Crippen molar-refractivity contribution in [3.8, 4) is 5.75 Å². The van der Waals surface area contributed by atoms with Crippen LogP contribution in [0.15, 0.2) is 42.6 Å². The van der Waals surface area contributed by atoms with Gasteiger partial charge in [0.25, 0.3) is 0 Å². The van der Waals surface area contributed by atoms with E-state index in [9.17, 15) is 4.79 Å². The van der Waals surface area contributed by atoms with Crippen LogP contribution in [0.4, 0.5) is 33.6 Å². The number of urea groups is 1. The van der Waals surface area contributed by atoms with E-state index in [1.54, 1.807) is 12.0 Å². The first-order valence-electron chi connectivity index (χ1n) is 14.5. The Morgan fingerprint density at radius 2 is 1.83 bits per heavy atom. The molecular formula is C31H38ClN7O2. The number of rotatable bonds is 6. The van der Waals surface area contributed by atoms with Gasteiger partial charge in [0.15, 0.2) is 0 Å². The molecule has 1 aromatic heterocycles. The molecule has 0 spiro atoms. The van der Waals surface area contributed by atoms with Crippen LogP contribution in [0.5, 0.6) is 5.75 Å². The molecule has 2 aliphatic heterocycles. The van der Waals surface area contributed by atoms with Gasteiger partial charge in [-0.1, -0.05) is 43.0 Å². The maximum Gasteiger partial charge on any atom is 0.330 e. The first kappa shape index (κ1) is 27.6. The maximum atomic E-state index is 14.2. The van der Waals surface area contributed by atoms with Gasteiger partial charge in [0.1, 0.15) is 11.6 Å². The third kappa shape index (κ3) is 5.53. The average Bonchev–Trinajstić information content (AvgIpc) is 2.98. The number of hydrogen-bond acceptors (Lipinski definition) is 7. The predicted octanol–water partition coefficient (Wildman–Crippen LogP) is 6.22. The summed E-state index contributed by atoms with van der Waals surface area (Å²) in [6, 6.07) is 11.9. The fourth-order valence-electron chi connectivity index (χ4n) is 6.21. The van der Waals surface area contributed by atoms with Crippen LogP contribution in [-0.2, 0) is 6.54 Å². The van der Waals surface area contributed by atoms with E-state index in [1.165, 1.54) is 6.42 Å². The van der Waals surface area contributed by atoms with E-state index in [2.05, 4.69) is 39.3 Å². The molecule has 1 aliphatic carbocycles. The number of nitrogens with one attached hydrogen (secondary N) is 1. The van der Waals surface area contributed by atoms with E-state index in [0.29, 0.717) is 23.3 Å². The zero-order valence-electron chi connectivity index (χ0n) is 24.1. The van der Waals surface area contributed by atoms with Gasteiger partial charge in [-0.3, -0.25) is 9.80 Å². The summed E-state index contributed by atoms with van der Waals surface area (Å²) < 4.78 is 5.76. The molecule has 41 heavy (non-hydrogen) atoms. The van der Waals surface area contributed by atoms with Crippen LogP contribution in [0, 0.1) is 6.92 Å². The van der Waals surface area contributed by atoms with Crippen LogP contribution in [0.2, 0.25) is 5.02 Å². The molecule has 2 amide bonds. The van der Waals surface area contributed by atoms with Crippen molar-refractivity contribution >= 4 is 46.5 Å². The van der Waals surface area contributed by atoms with Gasteiger partial charge < -0.3 is 19.9 Å². The number of carbonyl (C=O) groups excluding carboxylic acids is 1. The number of benzene rings is 2. The van der Waals surface area contributed by atoms with Crippen molar-refractivity contribution in [2.24, 2.45) is 0 Å². The van der Waals surface area contributed by atoms with E-state index in [4.69, 9.17) is 21.3 Å². The molecule has 10 heteroatoms. The van der Waals surface area contributed by atoms with Crippen LogP contribution in [-0.4, -0.2) is 67.3 Å². The largest absolute Gasteiger partial charge is 0.494 e. The number of carbonyl (C=O) groups is 1. The zero-order chi connectivity index (χ0) is 28.5. The van der Waals surface area contributed by atoms with E-state index < -0.39 is 0 Å². The SMILES string of the molecule is COc1cc(N2CCN(C)CC2)ccc1Nc1ncc2c(n1)N(C1CCCCC1)C(=O)N(c1c(C)cccc1Cl)C2. The molecular weight excluding hydrogens is 538 g/mol. The summed E-state index contributed by atoms with van der Waals surface area (Å²) in [6.07, 6.45) is 7.13. The monoisotopic (exact) mass is 575 g/mol. The average molecular weight is 576 g/mol. The van der Waals surface area contributed by atoms with E-state index in [-0.39, 0.29) is 12.1 Å². The summed E-state index contributed by atoms with van der Waals surface area (Å²) in [7, 11) is 3.83. The van der Waals surface area contributed by atoms with Crippen molar-refractivity contribution in [1.29, 1.82) is 0 Å². The second-order valence-electron chi connectivity index (χ2n) is 11.3. The minimum atomic E-state index is -0.0839. The molecule has 3 heterocycles. The van der Waals surface area contributed by atoms with Gasteiger partial charge in [0.05, 0.1) is 30.1 Å². The second kappa shape index (κ2) is 11.7. The molecule has 3 aliphatic rings. The third-order valence-electron chi connectivity index (χ3n) is 8.53. The summed E-state index contributed by atoms with van der Waals surface area (Å²) >= 11 is 6.63. The van der Waals surface area contributed by atoms with Crippen LogP contribution in [0.3, 0.4) is 0 Å². The van der Waals surface area contributed by atoms with Gasteiger partial charge in [-0.25, -0.2) is 9.78 Å². The van der Waals surface area contributed by atoms with Crippen molar-refractivity contribution in [2.75, 3.05) is 60.4 Å².